The summed E-state index contributed by atoms with van der Waals surface area (Å²) >= 11 is 0. The lowest BCUT2D eigenvalue weighted by Gasteiger charge is -2.40. The van der Waals surface area contributed by atoms with Gasteiger partial charge in [-0.1, -0.05) is 6.08 Å². The molecule has 0 saturated carbocycles. The Hall–Kier alpha value is -2.90. The van der Waals surface area contributed by atoms with Crippen LogP contribution in [0.3, 0.4) is 0 Å². The summed E-state index contributed by atoms with van der Waals surface area (Å²) in [5.41, 5.74) is -0.915. The number of carbonyl (C=O) groups excluding carboxylic acids is 1. The van der Waals surface area contributed by atoms with Crippen LogP contribution >= 0.6 is 0 Å². The van der Waals surface area contributed by atoms with Gasteiger partial charge in [0, 0.05) is 5.57 Å². The van der Waals surface area contributed by atoms with E-state index in [0.717, 1.165) is 12.1 Å². The van der Waals surface area contributed by atoms with Gasteiger partial charge in [-0.15, -0.1) is 0 Å². The highest BCUT2D eigenvalue weighted by atomic mass is 16.7. The Morgan fingerprint density at radius 2 is 1.80 bits per heavy atom. The number of esters is 1. The lowest BCUT2D eigenvalue weighted by atomic mass is 9.79. The van der Waals surface area contributed by atoms with Crippen LogP contribution in [0.25, 0.3) is 0 Å². The normalized spacial score (nSPS) is 29.3. The van der Waals surface area contributed by atoms with Crippen molar-refractivity contribution in [3.8, 4) is 17.2 Å². The quantitative estimate of drug-likeness (QED) is 0.196. The number of rotatable bonds is 7. The predicted octanol–water partition coefficient (Wildman–Crippen LogP) is 0.0230. The smallest absolute Gasteiger partial charge is 0.335 e. The molecule has 1 aliphatic carbocycles. The molecule has 12 heteroatoms. The molecule has 6 atom stereocenters. The van der Waals surface area contributed by atoms with Crippen LogP contribution in [0.2, 0.25) is 0 Å². The molecule has 2 aliphatic rings. The number of phenols is 2. The van der Waals surface area contributed by atoms with Crippen molar-refractivity contribution in [1.82, 2.24) is 0 Å². The average Bonchev–Trinajstić information content (AvgIpc) is 2.80. The van der Waals surface area contributed by atoms with Gasteiger partial charge in [-0.3, -0.25) is 0 Å². The van der Waals surface area contributed by atoms with Gasteiger partial charge >= 0.3 is 11.9 Å². The zero-order valence-electron chi connectivity index (χ0n) is 19.2. The van der Waals surface area contributed by atoms with Crippen molar-refractivity contribution in [2.24, 2.45) is 5.92 Å². The van der Waals surface area contributed by atoms with E-state index in [9.17, 15) is 40.2 Å². The van der Waals surface area contributed by atoms with Gasteiger partial charge in [0.1, 0.15) is 31.0 Å². The molecule has 0 aromatic heterocycles. The van der Waals surface area contributed by atoms with Crippen molar-refractivity contribution in [3.63, 3.8) is 0 Å². The average molecular weight is 498 g/mol. The number of aromatic carboxylic acids is 1. The molecular weight excluding hydrogens is 468 g/mol. The monoisotopic (exact) mass is 498 g/mol. The van der Waals surface area contributed by atoms with Gasteiger partial charge in [0.25, 0.3) is 0 Å². The van der Waals surface area contributed by atoms with E-state index in [1.807, 2.05) is 0 Å². The van der Waals surface area contributed by atoms with Crippen LogP contribution in [0.15, 0.2) is 23.8 Å². The Balaban J connectivity index is 1.67. The first-order valence-corrected chi connectivity index (χ1v) is 11.0. The molecule has 1 fully saturated rings. The van der Waals surface area contributed by atoms with E-state index in [0.29, 0.717) is 24.8 Å². The number of hydrogen-bond acceptors (Lipinski definition) is 11. The standard InChI is InChI=1S/C23H30O12/c1-23(2,32)12-5-3-10(4-6-12)21(31)33-9-15-17(26)18(27)19(28)22(35-15)34-14-8-11(20(29)30)7-13(24)16(14)25/h3,7-8,12,15,17-19,22,24-28,32H,4-6,9H2,1-2H3,(H,29,30)/t12-,15+,17+,18-,19+,22+/m0/s1. The summed E-state index contributed by atoms with van der Waals surface area (Å²) in [4.78, 5) is 23.7. The predicted molar refractivity (Wildman–Crippen MR) is 117 cm³/mol. The molecule has 1 aromatic rings. The van der Waals surface area contributed by atoms with Gasteiger partial charge < -0.3 is 50.0 Å². The molecule has 1 aliphatic heterocycles. The van der Waals surface area contributed by atoms with Crippen molar-refractivity contribution in [2.45, 2.75) is 69.4 Å². The minimum absolute atomic E-state index is 0.00688. The molecule has 0 bridgehead atoms. The number of carboxylic acid groups (broad SMARTS) is 1. The molecular formula is C23H30O12. The first-order chi connectivity index (χ1) is 16.3. The molecule has 35 heavy (non-hydrogen) atoms. The number of carbonyl (C=O) groups is 2. The Morgan fingerprint density at radius 3 is 2.37 bits per heavy atom. The summed E-state index contributed by atoms with van der Waals surface area (Å²) in [6.45, 7) is 2.89. The van der Waals surface area contributed by atoms with Crippen molar-refractivity contribution in [2.75, 3.05) is 6.61 Å². The molecule has 3 rings (SSSR count). The molecule has 12 nitrogen and oxygen atoms in total. The minimum atomic E-state index is -1.83. The number of benzene rings is 1. The van der Waals surface area contributed by atoms with Crippen LogP contribution in [0.4, 0.5) is 0 Å². The van der Waals surface area contributed by atoms with E-state index in [1.165, 1.54) is 0 Å². The molecule has 1 heterocycles. The third-order valence-corrected chi connectivity index (χ3v) is 6.26. The summed E-state index contributed by atoms with van der Waals surface area (Å²) in [5.74, 6) is -4.29. The third kappa shape index (κ3) is 6.03. The second kappa shape index (κ2) is 10.4. The van der Waals surface area contributed by atoms with Crippen molar-refractivity contribution >= 4 is 11.9 Å². The number of aromatic hydroxyl groups is 2. The molecule has 7 N–H and O–H groups in total. The summed E-state index contributed by atoms with van der Waals surface area (Å²) in [7, 11) is 0. The molecule has 0 radical (unpaired) electrons. The second-order valence-corrected chi connectivity index (χ2v) is 9.23. The molecule has 0 spiro atoms. The Bertz CT molecular complexity index is 981. The summed E-state index contributed by atoms with van der Waals surface area (Å²) in [5, 5.41) is 69.7. The van der Waals surface area contributed by atoms with Gasteiger partial charge in [-0.05, 0) is 51.2 Å². The Kier molecular flexibility index (Phi) is 7.92. The molecule has 0 amide bonds. The maximum atomic E-state index is 12.5. The largest absolute Gasteiger partial charge is 0.504 e. The first kappa shape index (κ1) is 26.7. The van der Waals surface area contributed by atoms with Gasteiger partial charge in [0.15, 0.2) is 11.5 Å². The number of aliphatic hydroxyl groups excluding tert-OH is 3. The van der Waals surface area contributed by atoms with E-state index in [-0.39, 0.29) is 5.92 Å². The fourth-order valence-electron chi connectivity index (χ4n) is 3.99. The van der Waals surface area contributed by atoms with Crippen LogP contribution < -0.4 is 4.74 Å². The zero-order valence-corrected chi connectivity index (χ0v) is 19.2. The summed E-state index contributed by atoms with van der Waals surface area (Å²) in [6, 6.07) is 1.66. The summed E-state index contributed by atoms with van der Waals surface area (Å²) in [6.07, 6.45) is -5.20. The van der Waals surface area contributed by atoms with Gasteiger partial charge in [-0.2, -0.15) is 0 Å². The van der Waals surface area contributed by atoms with Gasteiger partial charge in [-0.25, -0.2) is 9.59 Å². The molecule has 0 unspecified atom stereocenters. The highest BCUT2D eigenvalue weighted by Crippen LogP contribution is 2.38. The maximum Gasteiger partial charge on any atom is 0.335 e. The topological polar surface area (TPSA) is 203 Å². The van der Waals surface area contributed by atoms with Gasteiger partial charge in [0.2, 0.25) is 12.0 Å². The lowest BCUT2D eigenvalue weighted by molar-refractivity contribution is -0.278. The van der Waals surface area contributed by atoms with E-state index >= 15 is 0 Å². The number of carboxylic acids is 1. The fraction of sp³-hybridized carbons (Fsp3) is 0.565. The Labute approximate surface area is 200 Å². The third-order valence-electron chi connectivity index (χ3n) is 6.26. The number of aliphatic hydroxyl groups is 4. The van der Waals surface area contributed by atoms with Crippen molar-refractivity contribution in [1.29, 1.82) is 0 Å². The van der Waals surface area contributed by atoms with Crippen LogP contribution in [0.1, 0.15) is 43.5 Å². The van der Waals surface area contributed by atoms with Crippen LogP contribution in [-0.2, 0) is 14.3 Å². The van der Waals surface area contributed by atoms with Crippen LogP contribution in [0, 0.1) is 5.92 Å². The maximum absolute atomic E-state index is 12.5. The SMILES string of the molecule is CC(C)(O)[C@H]1CC=C(C(=O)OC[C@H]2O[C@@H](Oc3cc(C(=O)O)cc(O)c3O)[C@H](O)[C@@H](O)[C@@H]2O)CC1. The number of hydrogen-bond donors (Lipinski definition) is 7. The zero-order chi connectivity index (χ0) is 26.1. The van der Waals surface area contributed by atoms with Crippen LogP contribution in [0.5, 0.6) is 17.2 Å². The molecule has 194 valence electrons. The number of ether oxygens (including phenoxy) is 3. The fourth-order valence-corrected chi connectivity index (χ4v) is 3.99. The summed E-state index contributed by atoms with van der Waals surface area (Å²) < 4.78 is 15.9. The second-order valence-electron chi connectivity index (χ2n) is 9.23. The number of allylic oxidation sites excluding steroid dienone is 1. The highest BCUT2D eigenvalue weighted by molar-refractivity contribution is 5.89. The lowest BCUT2D eigenvalue weighted by Crippen LogP contribution is -2.60. The van der Waals surface area contributed by atoms with E-state index in [1.54, 1.807) is 19.9 Å². The minimum Gasteiger partial charge on any atom is -0.504 e. The first-order valence-electron chi connectivity index (χ1n) is 11.0. The van der Waals surface area contributed by atoms with Crippen molar-refractivity contribution < 1.29 is 59.5 Å². The molecule has 1 aromatic carbocycles. The van der Waals surface area contributed by atoms with Gasteiger partial charge in [0.05, 0.1) is 11.2 Å². The highest BCUT2D eigenvalue weighted by Gasteiger charge is 2.46. The number of phenolic OH excluding ortho intramolecular Hbond substituents is 2. The molecule has 1 saturated heterocycles. The van der Waals surface area contributed by atoms with Crippen LogP contribution in [-0.4, -0.2) is 90.6 Å². The van der Waals surface area contributed by atoms with E-state index < -0.39 is 77.7 Å². The van der Waals surface area contributed by atoms with E-state index in [2.05, 4.69) is 0 Å². The van der Waals surface area contributed by atoms with E-state index in [4.69, 9.17) is 19.3 Å². The van der Waals surface area contributed by atoms with Crippen molar-refractivity contribution in [3.05, 3.63) is 29.3 Å². The Morgan fingerprint density at radius 1 is 1.11 bits per heavy atom.